The van der Waals surface area contributed by atoms with Crippen molar-refractivity contribution in [3.05, 3.63) is 0 Å². The lowest BCUT2D eigenvalue weighted by Crippen LogP contribution is -2.31. The number of amides is 1. The molecule has 1 fully saturated rings. The second kappa shape index (κ2) is 6.11. The average Bonchev–Trinajstić information content (AvgIpc) is 2.67. The van der Waals surface area contributed by atoms with Crippen LogP contribution in [-0.4, -0.2) is 30.4 Å². The van der Waals surface area contributed by atoms with E-state index in [4.69, 9.17) is 5.73 Å². The van der Waals surface area contributed by atoms with Gasteiger partial charge in [-0.15, -0.1) is 0 Å². The quantitative estimate of drug-likeness (QED) is 0.752. The summed E-state index contributed by atoms with van der Waals surface area (Å²) in [5.74, 6) is 1.36. The zero-order chi connectivity index (χ0) is 11.3. The first kappa shape index (κ1) is 12.5. The molecule has 0 aliphatic carbocycles. The topological polar surface area (TPSA) is 46.3 Å². The Hall–Kier alpha value is -0.570. The predicted octanol–water partition coefficient (Wildman–Crippen LogP) is 1.62. The molecule has 1 aliphatic heterocycles. The van der Waals surface area contributed by atoms with Gasteiger partial charge in [0.05, 0.1) is 0 Å². The fraction of sp³-hybridized carbons (Fsp3) is 0.917. The molecule has 2 atom stereocenters. The molecule has 3 heteroatoms. The van der Waals surface area contributed by atoms with E-state index >= 15 is 0 Å². The Morgan fingerprint density at radius 2 is 2.33 bits per heavy atom. The van der Waals surface area contributed by atoms with Crippen molar-refractivity contribution in [1.82, 2.24) is 4.90 Å². The minimum Gasteiger partial charge on any atom is -0.342 e. The second-order valence-corrected chi connectivity index (χ2v) is 4.83. The van der Waals surface area contributed by atoms with Crippen LogP contribution in [0.25, 0.3) is 0 Å². The lowest BCUT2D eigenvalue weighted by atomic mass is 10.0. The third-order valence-electron chi connectivity index (χ3n) is 3.26. The Labute approximate surface area is 93.0 Å². The summed E-state index contributed by atoms with van der Waals surface area (Å²) < 4.78 is 0. The molecule has 15 heavy (non-hydrogen) atoms. The summed E-state index contributed by atoms with van der Waals surface area (Å²) in [5.41, 5.74) is 5.52. The van der Waals surface area contributed by atoms with Crippen molar-refractivity contribution < 1.29 is 4.79 Å². The lowest BCUT2D eigenvalue weighted by Gasteiger charge is -2.18. The van der Waals surface area contributed by atoms with Gasteiger partial charge in [0.2, 0.25) is 5.91 Å². The molecule has 2 unspecified atom stereocenters. The molecular weight excluding hydrogens is 188 g/mol. The fourth-order valence-electron chi connectivity index (χ4n) is 2.21. The number of nitrogens with two attached hydrogens (primary N) is 1. The third-order valence-corrected chi connectivity index (χ3v) is 3.26. The van der Waals surface area contributed by atoms with E-state index in [1.165, 1.54) is 19.3 Å². The molecule has 3 nitrogen and oxygen atoms in total. The zero-order valence-corrected chi connectivity index (χ0v) is 10.0. The van der Waals surface area contributed by atoms with Crippen LogP contribution in [0.15, 0.2) is 0 Å². The summed E-state index contributed by atoms with van der Waals surface area (Å²) in [7, 11) is 0. The smallest absolute Gasteiger partial charge is 0.222 e. The highest BCUT2D eigenvalue weighted by molar-refractivity contribution is 5.76. The van der Waals surface area contributed by atoms with Crippen LogP contribution in [-0.2, 0) is 4.79 Å². The number of likely N-dealkylation sites (tertiary alicyclic amines) is 1. The van der Waals surface area contributed by atoms with E-state index in [9.17, 15) is 4.79 Å². The van der Waals surface area contributed by atoms with E-state index in [0.29, 0.717) is 24.8 Å². The molecule has 0 saturated carbocycles. The fourth-order valence-corrected chi connectivity index (χ4v) is 2.21. The number of hydrogen-bond donors (Lipinski definition) is 1. The molecule has 1 heterocycles. The van der Waals surface area contributed by atoms with Crippen molar-refractivity contribution in [3.8, 4) is 0 Å². The van der Waals surface area contributed by atoms with Crippen molar-refractivity contribution >= 4 is 5.91 Å². The maximum atomic E-state index is 11.8. The molecule has 0 aromatic rings. The maximum Gasteiger partial charge on any atom is 0.222 e. The summed E-state index contributed by atoms with van der Waals surface area (Å²) in [4.78, 5) is 13.9. The minimum absolute atomic E-state index is 0.298. The maximum absolute atomic E-state index is 11.8. The van der Waals surface area contributed by atoms with Gasteiger partial charge in [0, 0.05) is 19.5 Å². The first-order chi connectivity index (χ1) is 7.17. The molecule has 1 amide bonds. The minimum atomic E-state index is 0.298. The lowest BCUT2D eigenvalue weighted by molar-refractivity contribution is -0.131. The summed E-state index contributed by atoms with van der Waals surface area (Å²) in [6, 6.07) is 0. The van der Waals surface area contributed by atoms with E-state index in [0.717, 1.165) is 19.0 Å². The molecule has 1 aliphatic rings. The van der Waals surface area contributed by atoms with Gasteiger partial charge in [0.15, 0.2) is 0 Å². The van der Waals surface area contributed by atoms with Crippen molar-refractivity contribution in [2.75, 3.05) is 19.6 Å². The molecular formula is C12H24N2O. The molecule has 0 spiro atoms. The second-order valence-electron chi connectivity index (χ2n) is 4.83. The van der Waals surface area contributed by atoms with Gasteiger partial charge >= 0.3 is 0 Å². The molecule has 0 aromatic heterocycles. The van der Waals surface area contributed by atoms with Gasteiger partial charge in [-0.05, 0) is 31.2 Å². The van der Waals surface area contributed by atoms with Gasteiger partial charge in [-0.2, -0.15) is 0 Å². The summed E-state index contributed by atoms with van der Waals surface area (Å²) >= 11 is 0. The van der Waals surface area contributed by atoms with Gasteiger partial charge in [-0.25, -0.2) is 0 Å². The highest BCUT2D eigenvalue weighted by Crippen LogP contribution is 2.21. The molecule has 2 N–H and O–H groups in total. The summed E-state index contributed by atoms with van der Waals surface area (Å²) in [6.45, 7) is 6.79. The van der Waals surface area contributed by atoms with Crippen LogP contribution < -0.4 is 5.73 Å². The number of nitrogens with zero attached hydrogens (tertiary/aromatic N) is 1. The number of hydrogen-bond acceptors (Lipinski definition) is 2. The van der Waals surface area contributed by atoms with Crippen molar-refractivity contribution in [2.24, 2.45) is 17.6 Å². The van der Waals surface area contributed by atoms with Gasteiger partial charge in [0.1, 0.15) is 0 Å². The Morgan fingerprint density at radius 3 is 2.93 bits per heavy atom. The van der Waals surface area contributed by atoms with Crippen LogP contribution in [0.4, 0.5) is 0 Å². The van der Waals surface area contributed by atoms with Crippen LogP contribution >= 0.6 is 0 Å². The molecule has 1 saturated heterocycles. The Bertz CT molecular complexity index is 206. The number of carbonyl (C=O) groups is 1. The Kier molecular flexibility index (Phi) is 5.09. The average molecular weight is 212 g/mol. The van der Waals surface area contributed by atoms with Crippen LogP contribution in [0, 0.1) is 11.8 Å². The van der Waals surface area contributed by atoms with Gasteiger partial charge in [-0.3, -0.25) is 4.79 Å². The predicted molar refractivity (Wildman–Crippen MR) is 62.4 cm³/mol. The van der Waals surface area contributed by atoms with Crippen LogP contribution in [0.3, 0.4) is 0 Å². The van der Waals surface area contributed by atoms with Crippen LogP contribution in [0.2, 0.25) is 0 Å². The van der Waals surface area contributed by atoms with Gasteiger partial charge in [0.25, 0.3) is 0 Å². The van der Waals surface area contributed by atoms with Crippen LogP contribution in [0.5, 0.6) is 0 Å². The van der Waals surface area contributed by atoms with Crippen molar-refractivity contribution in [2.45, 2.75) is 39.5 Å². The SMILES string of the molecule is CCCC1CCN(C(=O)CC(C)CN)C1. The largest absolute Gasteiger partial charge is 0.342 e. The molecule has 0 radical (unpaired) electrons. The highest BCUT2D eigenvalue weighted by atomic mass is 16.2. The summed E-state index contributed by atoms with van der Waals surface area (Å²) in [5, 5.41) is 0. The molecule has 88 valence electrons. The third kappa shape index (κ3) is 3.82. The Balaban J connectivity index is 2.30. The first-order valence-corrected chi connectivity index (χ1v) is 6.15. The molecule has 0 aromatic carbocycles. The monoisotopic (exact) mass is 212 g/mol. The number of rotatable bonds is 5. The van der Waals surface area contributed by atoms with E-state index in [2.05, 4.69) is 6.92 Å². The molecule has 0 bridgehead atoms. The van der Waals surface area contributed by atoms with Crippen LogP contribution in [0.1, 0.15) is 39.5 Å². The molecule has 1 rings (SSSR count). The zero-order valence-electron chi connectivity index (χ0n) is 10.0. The normalized spacial score (nSPS) is 23.1. The standard InChI is InChI=1S/C12H24N2O/c1-3-4-11-5-6-14(9-11)12(15)7-10(2)8-13/h10-11H,3-9,13H2,1-2H3. The number of carbonyl (C=O) groups excluding carboxylic acids is 1. The van der Waals surface area contributed by atoms with Crippen molar-refractivity contribution in [3.63, 3.8) is 0 Å². The van der Waals surface area contributed by atoms with E-state index in [-0.39, 0.29) is 0 Å². The Morgan fingerprint density at radius 1 is 1.60 bits per heavy atom. The van der Waals surface area contributed by atoms with E-state index in [1.54, 1.807) is 0 Å². The van der Waals surface area contributed by atoms with Crippen molar-refractivity contribution in [1.29, 1.82) is 0 Å². The van der Waals surface area contributed by atoms with E-state index < -0.39 is 0 Å². The summed E-state index contributed by atoms with van der Waals surface area (Å²) in [6.07, 6.45) is 4.30. The van der Waals surface area contributed by atoms with Gasteiger partial charge < -0.3 is 10.6 Å². The van der Waals surface area contributed by atoms with E-state index in [1.807, 2.05) is 11.8 Å². The first-order valence-electron chi connectivity index (χ1n) is 6.15. The van der Waals surface area contributed by atoms with Gasteiger partial charge in [-0.1, -0.05) is 20.3 Å². The highest BCUT2D eigenvalue weighted by Gasteiger charge is 2.25.